The van der Waals surface area contributed by atoms with Crippen LogP contribution in [0.4, 0.5) is 4.79 Å². The predicted molar refractivity (Wildman–Crippen MR) is 77.7 cm³/mol. The second-order valence-corrected chi connectivity index (χ2v) is 5.61. The van der Waals surface area contributed by atoms with E-state index >= 15 is 0 Å². The maximum absolute atomic E-state index is 10.9. The van der Waals surface area contributed by atoms with Crippen molar-refractivity contribution in [2.45, 2.75) is 32.6 Å². The minimum atomic E-state index is -0.181. The molecule has 0 aromatic heterocycles. The van der Waals surface area contributed by atoms with Gasteiger partial charge in [-0.1, -0.05) is 32.9 Å². The molecule has 0 radical (unpaired) electrons. The lowest BCUT2D eigenvalue weighted by atomic mass is 9.83. The van der Waals surface area contributed by atoms with Gasteiger partial charge in [0.25, 0.3) is 4.82 Å². The van der Waals surface area contributed by atoms with Gasteiger partial charge in [0.05, 0.1) is 7.11 Å². The van der Waals surface area contributed by atoms with Gasteiger partial charge in [-0.15, -0.1) is 0 Å². The Bertz CT molecular complexity index is 430. The number of carbonyl (C=O) groups excluding carboxylic acids is 1. The first kappa shape index (κ1) is 15.0. The van der Waals surface area contributed by atoms with Crippen molar-refractivity contribution in [3.05, 3.63) is 29.3 Å². The average molecular weight is 314 g/mol. The van der Waals surface area contributed by atoms with E-state index in [4.69, 9.17) is 4.74 Å². The first-order valence-corrected chi connectivity index (χ1v) is 6.80. The fourth-order valence-corrected chi connectivity index (χ4v) is 2.01. The van der Waals surface area contributed by atoms with E-state index < -0.39 is 0 Å². The number of rotatable bonds is 5. The van der Waals surface area contributed by atoms with Gasteiger partial charge in [0.15, 0.2) is 0 Å². The molecule has 0 unspecified atom stereocenters. The van der Waals surface area contributed by atoms with Gasteiger partial charge in [-0.2, -0.15) is 0 Å². The van der Waals surface area contributed by atoms with Crippen LogP contribution in [0.2, 0.25) is 0 Å². The third-order valence-corrected chi connectivity index (χ3v) is 3.39. The Balaban J connectivity index is 2.97. The molecule has 0 saturated heterocycles. The number of halogens is 1. The average Bonchev–Trinajstić information content (AvgIpc) is 2.35. The molecule has 0 aliphatic heterocycles. The molecule has 100 valence electrons. The largest absolute Gasteiger partial charge is 0.496 e. The Hall–Kier alpha value is -1.03. The highest BCUT2D eigenvalue weighted by Gasteiger charge is 2.22. The van der Waals surface area contributed by atoms with Crippen LogP contribution in [0.5, 0.6) is 5.75 Å². The Morgan fingerprint density at radius 3 is 2.61 bits per heavy atom. The van der Waals surface area contributed by atoms with Crippen LogP contribution in [-0.2, 0) is 11.8 Å². The molecule has 0 saturated carbocycles. The van der Waals surface area contributed by atoms with E-state index in [0.29, 0.717) is 6.54 Å². The Morgan fingerprint density at radius 1 is 1.44 bits per heavy atom. The monoisotopic (exact) mass is 313 g/mol. The number of ether oxygens (including phenoxy) is 1. The van der Waals surface area contributed by atoms with Crippen molar-refractivity contribution in [1.29, 1.82) is 0 Å². The number of methoxy groups -OCH3 is 1. The first-order chi connectivity index (χ1) is 8.40. The molecule has 3 nitrogen and oxygen atoms in total. The summed E-state index contributed by atoms with van der Waals surface area (Å²) in [5.41, 5.74) is 2.27. The molecule has 4 heteroatoms. The molecule has 0 heterocycles. The number of nitrogens with one attached hydrogen (secondary N) is 1. The predicted octanol–water partition coefficient (Wildman–Crippen LogP) is 3.64. The summed E-state index contributed by atoms with van der Waals surface area (Å²) in [6, 6.07) is 6.20. The van der Waals surface area contributed by atoms with E-state index in [-0.39, 0.29) is 10.2 Å². The summed E-state index contributed by atoms with van der Waals surface area (Å²) in [7, 11) is 1.68. The van der Waals surface area contributed by atoms with Gasteiger partial charge in [0.1, 0.15) is 5.75 Å². The topological polar surface area (TPSA) is 38.3 Å². The number of amides is 1. The van der Waals surface area contributed by atoms with Gasteiger partial charge in [-0.3, -0.25) is 4.79 Å². The van der Waals surface area contributed by atoms with Crippen molar-refractivity contribution >= 4 is 20.7 Å². The van der Waals surface area contributed by atoms with Gasteiger partial charge >= 0.3 is 0 Å². The quantitative estimate of drug-likeness (QED) is 0.665. The second kappa shape index (κ2) is 6.23. The number of carbonyl (C=O) groups is 1. The molecule has 1 rings (SSSR count). The molecular formula is C14H20BrNO2. The van der Waals surface area contributed by atoms with Crippen LogP contribution >= 0.6 is 15.9 Å². The fourth-order valence-electron chi connectivity index (χ4n) is 1.87. The molecule has 0 aliphatic carbocycles. The molecule has 0 spiro atoms. The van der Waals surface area contributed by atoms with Crippen molar-refractivity contribution in [2.24, 2.45) is 0 Å². The van der Waals surface area contributed by atoms with Gasteiger partial charge in [-0.25, -0.2) is 0 Å². The van der Waals surface area contributed by atoms with E-state index in [1.165, 1.54) is 11.1 Å². The number of benzene rings is 1. The lowest BCUT2D eigenvalue weighted by Gasteiger charge is -2.26. The maximum atomic E-state index is 10.9. The normalized spacial score (nSPS) is 11.2. The van der Waals surface area contributed by atoms with Gasteiger partial charge in [0.2, 0.25) is 0 Å². The third-order valence-electron chi connectivity index (χ3n) is 3.11. The van der Waals surface area contributed by atoms with Gasteiger partial charge < -0.3 is 10.1 Å². The molecular weight excluding hydrogens is 294 g/mol. The third kappa shape index (κ3) is 3.73. The number of aryl methyl sites for hydroxylation is 1. The highest BCUT2D eigenvalue weighted by molar-refractivity contribution is 9.18. The maximum Gasteiger partial charge on any atom is 0.287 e. The Morgan fingerprint density at radius 2 is 2.11 bits per heavy atom. The summed E-state index contributed by atoms with van der Waals surface area (Å²) in [6.45, 7) is 6.91. The van der Waals surface area contributed by atoms with Crippen LogP contribution in [0, 0.1) is 0 Å². The lowest BCUT2D eigenvalue weighted by molar-refractivity contribution is 0.259. The summed E-state index contributed by atoms with van der Waals surface area (Å²) in [4.78, 5) is 10.8. The van der Waals surface area contributed by atoms with E-state index in [1.54, 1.807) is 7.11 Å². The summed E-state index contributed by atoms with van der Waals surface area (Å²) in [5, 5.41) is 2.80. The lowest BCUT2D eigenvalue weighted by Crippen LogP contribution is -2.34. The Labute approximate surface area is 117 Å². The summed E-state index contributed by atoms with van der Waals surface area (Å²) >= 11 is 2.88. The van der Waals surface area contributed by atoms with Crippen molar-refractivity contribution in [3.63, 3.8) is 0 Å². The minimum absolute atomic E-state index is 0.111. The summed E-state index contributed by atoms with van der Waals surface area (Å²) < 4.78 is 5.32. The number of hydrogen-bond donors (Lipinski definition) is 1. The summed E-state index contributed by atoms with van der Waals surface area (Å²) in [5.74, 6) is 0.918. The first-order valence-electron chi connectivity index (χ1n) is 6.01. The van der Waals surface area contributed by atoms with Gasteiger partial charge in [0, 0.05) is 27.9 Å². The Kier molecular flexibility index (Phi) is 5.20. The fraction of sp³-hybridized carbons (Fsp3) is 0.500. The minimum Gasteiger partial charge on any atom is -0.496 e. The molecule has 18 heavy (non-hydrogen) atoms. The van der Waals surface area contributed by atoms with Crippen LogP contribution in [0.3, 0.4) is 0 Å². The van der Waals surface area contributed by atoms with Crippen LogP contribution < -0.4 is 10.1 Å². The van der Waals surface area contributed by atoms with Crippen molar-refractivity contribution in [1.82, 2.24) is 5.32 Å². The highest BCUT2D eigenvalue weighted by atomic mass is 79.9. The summed E-state index contributed by atoms with van der Waals surface area (Å²) in [6.07, 6.45) is 0.928. The molecule has 0 fully saturated rings. The molecule has 1 N–H and O–H groups in total. The SMILES string of the molecule is CCc1cc(C(C)(C)CNC(=O)Br)ccc1OC. The van der Waals surface area contributed by atoms with Crippen molar-refractivity contribution in [2.75, 3.05) is 13.7 Å². The van der Waals surface area contributed by atoms with Crippen LogP contribution in [0.25, 0.3) is 0 Å². The van der Waals surface area contributed by atoms with Crippen molar-refractivity contribution in [3.8, 4) is 5.75 Å². The molecule has 0 bridgehead atoms. The van der Waals surface area contributed by atoms with E-state index in [2.05, 4.69) is 54.2 Å². The standard InChI is InChI=1S/C14H20BrNO2/c1-5-10-8-11(6-7-12(10)18-4)14(2,3)9-16-13(15)17/h6-8H,5,9H2,1-4H3,(H,16,17). The number of hydrogen-bond acceptors (Lipinski definition) is 2. The van der Waals surface area contributed by atoms with E-state index in [0.717, 1.165) is 12.2 Å². The smallest absolute Gasteiger partial charge is 0.287 e. The van der Waals surface area contributed by atoms with Crippen LogP contribution in [-0.4, -0.2) is 18.5 Å². The highest BCUT2D eigenvalue weighted by Crippen LogP contribution is 2.28. The zero-order valence-corrected chi connectivity index (χ0v) is 12.9. The van der Waals surface area contributed by atoms with Gasteiger partial charge in [-0.05, 0) is 23.6 Å². The van der Waals surface area contributed by atoms with Crippen molar-refractivity contribution < 1.29 is 9.53 Å². The molecule has 1 amide bonds. The van der Waals surface area contributed by atoms with E-state index in [9.17, 15) is 4.79 Å². The van der Waals surface area contributed by atoms with E-state index in [1.807, 2.05) is 6.07 Å². The second-order valence-electron chi connectivity index (χ2n) is 4.89. The molecule has 0 aliphatic rings. The molecule has 1 aromatic carbocycles. The zero-order valence-electron chi connectivity index (χ0n) is 11.3. The molecule has 1 aromatic rings. The zero-order chi connectivity index (χ0) is 13.8. The van der Waals surface area contributed by atoms with Crippen LogP contribution in [0.15, 0.2) is 18.2 Å². The van der Waals surface area contributed by atoms with Crippen LogP contribution in [0.1, 0.15) is 31.9 Å². The molecule has 0 atom stereocenters.